The number of nitriles is 1. The molecule has 0 unspecified atom stereocenters. The summed E-state index contributed by atoms with van der Waals surface area (Å²) in [7, 11) is -3.51. The Hall–Kier alpha value is -2.16. The molecule has 0 aliphatic rings. The van der Waals surface area contributed by atoms with Crippen LogP contribution in [0.4, 0.5) is 0 Å². The molecule has 0 heterocycles. The molecule has 0 saturated carbocycles. The first kappa shape index (κ1) is 14.3. The standard InChI is InChI=1S/C15H14N2O2S/c16-12-14-6-8-15(9-7-14)20(18,19)17-11-10-13-4-2-1-3-5-13/h1-9,17H,10-11H2. The number of rotatable bonds is 5. The molecule has 2 aromatic carbocycles. The highest BCUT2D eigenvalue weighted by Crippen LogP contribution is 2.10. The molecule has 1 N–H and O–H groups in total. The molecule has 5 heteroatoms. The van der Waals surface area contributed by atoms with Crippen LogP contribution in [0.3, 0.4) is 0 Å². The maximum Gasteiger partial charge on any atom is 0.240 e. The van der Waals surface area contributed by atoms with Crippen molar-refractivity contribution in [3.8, 4) is 6.07 Å². The lowest BCUT2D eigenvalue weighted by atomic mass is 10.2. The Labute approximate surface area is 118 Å². The summed E-state index contributed by atoms with van der Waals surface area (Å²) < 4.78 is 26.6. The summed E-state index contributed by atoms with van der Waals surface area (Å²) in [5, 5.41) is 8.68. The predicted molar refractivity (Wildman–Crippen MR) is 76.5 cm³/mol. The summed E-state index contributed by atoms with van der Waals surface area (Å²) in [6, 6.07) is 17.5. The number of nitrogens with one attached hydrogen (secondary N) is 1. The molecule has 0 aliphatic carbocycles. The van der Waals surface area contributed by atoms with Crippen LogP contribution in [0, 0.1) is 11.3 Å². The van der Waals surface area contributed by atoms with Crippen molar-refractivity contribution in [3.63, 3.8) is 0 Å². The van der Waals surface area contributed by atoms with E-state index in [9.17, 15) is 8.42 Å². The number of sulfonamides is 1. The summed E-state index contributed by atoms with van der Waals surface area (Å²) >= 11 is 0. The van der Waals surface area contributed by atoms with E-state index < -0.39 is 10.0 Å². The average Bonchev–Trinajstić information content (AvgIpc) is 2.48. The fourth-order valence-electron chi connectivity index (χ4n) is 1.77. The van der Waals surface area contributed by atoms with Crippen molar-refractivity contribution in [2.24, 2.45) is 0 Å². The van der Waals surface area contributed by atoms with Crippen LogP contribution < -0.4 is 4.72 Å². The van der Waals surface area contributed by atoms with E-state index in [4.69, 9.17) is 5.26 Å². The molecule has 0 spiro atoms. The molecule has 0 bridgehead atoms. The van der Waals surface area contributed by atoms with Crippen LogP contribution in [-0.2, 0) is 16.4 Å². The Morgan fingerprint density at radius 2 is 1.65 bits per heavy atom. The minimum atomic E-state index is -3.51. The monoisotopic (exact) mass is 286 g/mol. The number of nitrogens with zero attached hydrogens (tertiary/aromatic N) is 1. The first-order chi connectivity index (χ1) is 9.62. The molecule has 0 aromatic heterocycles. The number of hydrogen-bond acceptors (Lipinski definition) is 3. The quantitative estimate of drug-likeness (QED) is 0.914. The second-order valence-electron chi connectivity index (χ2n) is 4.27. The topological polar surface area (TPSA) is 70.0 Å². The maximum atomic E-state index is 12.0. The van der Waals surface area contributed by atoms with Gasteiger partial charge >= 0.3 is 0 Å². The lowest BCUT2D eigenvalue weighted by molar-refractivity contribution is 0.581. The summed E-state index contributed by atoms with van der Waals surface area (Å²) in [4.78, 5) is 0.171. The average molecular weight is 286 g/mol. The normalized spacial score (nSPS) is 10.9. The SMILES string of the molecule is N#Cc1ccc(S(=O)(=O)NCCc2ccccc2)cc1. The molecule has 0 fully saturated rings. The van der Waals surface area contributed by atoms with E-state index in [1.54, 1.807) is 0 Å². The van der Waals surface area contributed by atoms with Crippen LogP contribution in [0.2, 0.25) is 0 Å². The Morgan fingerprint density at radius 1 is 1.00 bits per heavy atom. The van der Waals surface area contributed by atoms with Gasteiger partial charge in [0.15, 0.2) is 0 Å². The molecule has 20 heavy (non-hydrogen) atoms. The van der Waals surface area contributed by atoms with Gasteiger partial charge in [-0.05, 0) is 36.2 Å². The molecule has 2 rings (SSSR count). The minimum absolute atomic E-state index is 0.171. The molecule has 0 aliphatic heterocycles. The minimum Gasteiger partial charge on any atom is -0.211 e. The van der Waals surface area contributed by atoms with Crippen molar-refractivity contribution in [2.45, 2.75) is 11.3 Å². The fraction of sp³-hybridized carbons (Fsp3) is 0.133. The number of hydrogen-bond donors (Lipinski definition) is 1. The van der Waals surface area contributed by atoms with Gasteiger partial charge in [-0.15, -0.1) is 0 Å². The van der Waals surface area contributed by atoms with Crippen molar-refractivity contribution in [1.82, 2.24) is 4.72 Å². The highest BCUT2D eigenvalue weighted by atomic mass is 32.2. The lowest BCUT2D eigenvalue weighted by Gasteiger charge is -2.06. The zero-order valence-corrected chi connectivity index (χ0v) is 11.6. The van der Waals surface area contributed by atoms with Crippen LogP contribution in [-0.4, -0.2) is 15.0 Å². The van der Waals surface area contributed by atoms with Crippen LogP contribution in [0.25, 0.3) is 0 Å². The Kier molecular flexibility index (Phi) is 4.51. The van der Waals surface area contributed by atoms with Crippen LogP contribution in [0.5, 0.6) is 0 Å². The van der Waals surface area contributed by atoms with Gasteiger partial charge in [-0.3, -0.25) is 0 Å². The van der Waals surface area contributed by atoms with Crippen LogP contribution in [0.15, 0.2) is 59.5 Å². The molecule has 0 atom stereocenters. The molecular weight excluding hydrogens is 272 g/mol. The Morgan fingerprint density at radius 3 is 2.25 bits per heavy atom. The van der Waals surface area contributed by atoms with Crippen molar-refractivity contribution in [3.05, 3.63) is 65.7 Å². The molecule has 2 aromatic rings. The van der Waals surface area contributed by atoms with Gasteiger partial charge < -0.3 is 0 Å². The van der Waals surface area contributed by atoms with Crippen molar-refractivity contribution >= 4 is 10.0 Å². The van der Waals surface area contributed by atoms with Gasteiger partial charge in [-0.1, -0.05) is 30.3 Å². The van der Waals surface area contributed by atoms with Crippen LogP contribution in [0.1, 0.15) is 11.1 Å². The maximum absolute atomic E-state index is 12.0. The first-order valence-corrected chi connectivity index (χ1v) is 7.64. The summed E-state index contributed by atoms with van der Waals surface area (Å²) in [6.45, 7) is 0.340. The second-order valence-corrected chi connectivity index (χ2v) is 6.04. The lowest BCUT2D eigenvalue weighted by Crippen LogP contribution is -2.25. The predicted octanol–water partition coefficient (Wildman–Crippen LogP) is 2.08. The highest BCUT2D eigenvalue weighted by Gasteiger charge is 2.12. The van der Waals surface area contributed by atoms with Gasteiger partial charge in [-0.2, -0.15) is 5.26 Å². The van der Waals surface area contributed by atoms with Gasteiger partial charge in [0.2, 0.25) is 10.0 Å². The van der Waals surface area contributed by atoms with E-state index >= 15 is 0 Å². The largest absolute Gasteiger partial charge is 0.240 e. The van der Waals surface area contributed by atoms with E-state index in [0.717, 1.165) is 5.56 Å². The highest BCUT2D eigenvalue weighted by molar-refractivity contribution is 7.89. The summed E-state index contributed by atoms with van der Waals surface area (Å²) in [5.74, 6) is 0. The van der Waals surface area contributed by atoms with Gasteiger partial charge in [0.05, 0.1) is 16.5 Å². The van der Waals surface area contributed by atoms with E-state index in [-0.39, 0.29) is 4.90 Å². The molecule has 4 nitrogen and oxygen atoms in total. The van der Waals surface area contributed by atoms with Crippen molar-refractivity contribution in [2.75, 3.05) is 6.54 Å². The van der Waals surface area contributed by atoms with Gasteiger partial charge in [0.1, 0.15) is 0 Å². The molecule has 0 amide bonds. The summed E-state index contributed by atoms with van der Waals surface area (Å²) in [5.41, 5.74) is 1.52. The fourth-order valence-corrected chi connectivity index (χ4v) is 2.80. The summed E-state index contributed by atoms with van der Waals surface area (Å²) in [6.07, 6.45) is 0.635. The van der Waals surface area contributed by atoms with Gasteiger partial charge in [0, 0.05) is 6.54 Å². The Balaban J connectivity index is 1.99. The molecule has 102 valence electrons. The van der Waals surface area contributed by atoms with E-state index in [2.05, 4.69) is 4.72 Å². The molecular formula is C15H14N2O2S. The third-order valence-electron chi connectivity index (χ3n) is 2.84. The molecule has 0 saturated heterocycles. The third kappa shape index (κ3) is 3.67. The van der Waals surface area contributed by atoms with Gasteiger partial charge in [0.25, 0.3) is 0 Å². The third-order valence-corrected chi connectivity index (χ3v) is 4.32. The zero-order chi connectivity index (χ0) is 14.4. The molecule has 0 radical (unpaired) electrons. The first-order valence-electron chi connectivity index (χ1n) is 6.15. The zero-order valence-electron chi connectivity index (χ0n) is 10.8. The van der Waals surface area contributed by atoms with E-state index in [1.165, 1.54) is 24.3 Å². The van der Waals surface area contributed by atoms with Crippen molar-refractivity contribution < 1.29 is 8.42 Å². The van der Waals surface area contributed by atoms with E-state index in [0.29, 0.717) is 18.5 Å². The van der Waals surface area contributed by atoms with Crippen molar-refractivity contribution in [1.29, 1.82) is 5.26 Å². The van der Waals surface area contributed by atoms with E-state index in [1.807, 2.05) is 36.4 Å². The van der Waals surface area contributed by atoms with Gasteiger partial charge in [-0.25, -0.2) is 13.1 Å². The number of benzene rings is 2. The smallest absolute Gasteiger partial charge is 0.211 e. The Bertz CT molecular complexity index is 702. The van der Waals surface area contributed by atoms with Crippen LogP contribution >= 0.6 is 0 Å². The second kappa shape index (κ2) is 6.33.